The van der Waals surface area contributed by atoms with E-state index in [0.717, 1.165) is 11.1 Å². The van der Waals surface area contributed by atoms with Gasteiger partial charge in [-0.3, -0.25) is 0 Å². The molecule has 25 heavy (non-hydrogen) atoms. The van der Waals surface area contributed by atoms with Crippen molar-refractivity contribution in [2.45, 2.75) is 6.92 Å². The van der Waals surface area contributed by atoms with Gasteiger partial charge in [0, 0.05) is 12.7 Å². The summed E-state index contributed by atoms with van der Waals surface area (Å²) in [5.41, 5.74) is 2.02. The summed E-state index contributed by atoms with van der Waals surface area (Å²) < 4.78 is 5.09. The van der Waals surface area contributed by atoms with Crippen molar-refractivity contribution in [3.8, 4) is 0 Å². The number of nitrogens with zero attached hydrogens (tertiary/aromatic N) is 1. The third-order valence-corrected chi connectivity index (χ3v) is 4.15. The van der Waals surface area contributed by atoms with Crippen LogP contribution in [-0.4, -0.2) is 38.7 Å². The van der Waals surface area contributed by atoms with Crippen LogP contribution < -0.4 is 15.5 Å². The Hall–Kier alpha value is -3.02. The van der Waals surface area contributed by atoms with Gasteiger partial charge in [0.1, 0.15) is 0 Å². The van der Waals surface area contributed by atoms with E-state index in [1.54, 1.807) is 6.92 Å². The molecule has 2 aromatic carbocycles. The van der Waals surface area contributed by atoms with E-state index in [0.29, 0.717) is 24.4 Å². The van der Waals surface area contributed by atoms with Crippen LogP contribution in [0.25, 0.3) is 10.8 Å². The van der Waals surface area contributed by atoms with Crippen molar-refractivity contribution in [3.05, 3.63) is 53.7 Å². The normalized spacial score (nSPS) is 14.1. The minimum Gasteiger partial charge on any atom is -0.463 e. The lowest BCUT2D eigenvalue weighted by Crippen LogP contribution is -2.46. The molecule has 0 saturated heterocycles. The van der Waals surface area contributed by atoms with Gasteiger partial charge >= 0.3 is 12.0 Å². The van der Waals surface area contributed by atoms with Crippen LogP contribution in [0.1, 0.15) is 6.92 Å². The van der Waals surface area contributed by atoms with E-state index in [4.69, 9.17) is 4.74 Å². The molecule has 1 aliphatic rings. The third-order valence-electron chi connectivity index (χ3n) is 4.15. The molecule has 130 valence electrons. The molecule has 1 heterocycles. The summed E-state index contributed by atoms with van der Waals surface area (Å²) in [5.74, 6) is -0.406. The zero-order chi connectivity index (χ0) is 17.8. The molecule has 0 spiro atoms. The number of fused-ring (bicyclic) bond motifs is 1. The van der Waals surface area contributed by atoms with Gasteiger partial charge in [0.05, 0.1) is 31.0 Å². The lowest BCUT2D eigenvalue weighted by Gasteiger charge is -2.26. The predicted molar refractivity (Wildman–Crippen MR) is 97.4 cm³/mol. The zero-order valence-corrected chi connectivity index (χ0v) is 14.3. The summed E-state index contributed by atoms with van der Waals surface area (Å²) in [5, 5.41) is 7.65. The summed E-state index contributed by atoms with van der Waals surface area (Å²) in [6, 6.07) is 14.0. The van der Waals surface area contributed by atoms with Crippen molar-refractivity contribution in [1.29, 1.82) is 0 Å². The van der Waals surface area contributed by atoms with Gasteiger partial charge in [0.2, 0.25) is 0 Å². The van der Waals surface area contributed by atoms with Crippen LogP contribution in [0.5, 0.6) is 0 Å². The molecule has 2 aromatic rings. The fraction of sp³-hybridized carbons (Fsp3) is 0.263. The fourth-order valence-corrected chi connectivity index (χ4v) is 2.82. The molecule has 6 heteroatoms. The van der Waals surface area contributed by atoms with Crippen LogP contribution in [-0.2, 0) is 9.53 Å². The van der Waals surface area contributed by atoms with E-state index < -0.39 is 5.97 Å². The number of rotatable bonds is 5. The van der Waals surface area contributed by atoms with Crippen LogP contribution >= 0.6 is 0 Å². The molecule has 0 saturated carbocycles. The highest BCUT2D eigenvalue weighted by molar-refractivity contribution is 5.94. The van der Waals surface area contributed by atoms with E-state index in [1.807, 2.05) is 30.1 Å². The number of hydrogen-bond donors (Lipinski definition) is 2. The average molecular weight is 339 g/mol. The van der Waals surface area contributed by atoms with Crippen molar-refractivity contribution < 1.29 is 14.3 Å². The Bertz CT molecular complexity index is 845. The second-order valence-electron chi connectivity index (χ2n) is 5.87. The number of carbonyl (C=O) groups is 2. The fourth-order valence-electron chi connectivity index (χ4n) is 2.82. The van der Waals surface area contributed by atoms with Gasteiger partial charge in [-0.05, 0) is 29.8 Å². The number of nitrogens with one attached hydrogen (secondary N) is 2. The number of hydrogen-bond acceptors (Lipinski definition) is 4. The summed E-state index contributed by atoms with van der Waals surface area (Å²) in [4.78, 5) is 25.8. The van der Waals surface area contributed by atoms with Crippen LogP contribution in [0.15, 0.2) is 53.7 Å². The molecule has 0 aromatic heterocycles. The van der Waals surface area contributed by atoms with E-state index >= 15 is 0 Å². The number of ether oxygens (including phenoxy) is 1. The predicted octanol–water partition coefficient (Wildman–Crippen LogP) is 2.41. The molecule has 0 unspecified atom stereocenters. The van der Waals surface area contributed by atoms with Crippen LogP contribution in [0.3, 0.4) is 0 Å². The van der Waals surface area contributed by atoms with Gasteiger partial charge in [-0.2, -0.15) is 0 Å². The summed E-state index contributed by atoms with van der Waals surface area (Å²) in [6.45, 7) is 2.63. The first-order valence-corrected chi connectivity index (χ1v) is 8.22. The SMILES string of the molecule is CCOC(=O)C1=C(CN(C)c2ccc3ccccc3c2)NC(=O)NC1. The molecular formula is C19H21N3O3. The maximum atomic E-state index is 12.1. The minimum absolute atomic E-state index is 0.172. The van der Waals surface area contributed by atoms with E-state index in [2.05, 4.69) is 34.9 Å². The Morgan fingerprint density at radius 2 is 1.96 bits per heavy atom. The monoisotopic (exact) mass is 339 g/mol. The molecule has 0 bridgehead atoms. The average Bonchev–Trinajstić information content (AvgIpc) is 2.61. The number of anilines is 1. The minimum atomic E-state index is -0.406. The van der Waals surface area contributed by atoms with Gasteiger partial charge in [0.15, 0.2) is 0 Å². The van der Waals surface area contributed by atoms with Crippen molar-refractivity contribution in [2.24, 2.45) is 0 Å². The number of benzene rings is 2. The van der Waals surface area contributed by atoms with Gasteiger partial charge in [-0.1, -0.05) is 30.3 Å². The van der Waals surface area contributed by atoms with Crippen molar-refractivity contribution >= 4 is 28.5 Å². The van der Waals surface area contributed by atoms with Crippen molar-refractivity contribution in [1.82, 2.24) is 10.6 Å². The molecule has 3 rings (SSSR count). The highest BCUT2D eigenvalue weighted by Gasteiger charge is 2.24. The number of likely N-dealkylation sites (N-methyl/N-ethyl adjacent to an activating group) is 1. The van der Waals surface area contributed by atoms with E-state index in [9.17, 15) is 9.59 Å². The summed E-state index contributed by atoms with van der Waals surface area (Å²) >= 11 is 0. The maximum absolute atomic E-state index is 12.1. The molecule has 0 aliphatic carbocycles. The van der Waals surface area contributed by atoms with E-state index in [-0.39, 0.29) is 12.6 Å². The lowest BCUT2D eigenvalue weighted by molar-refractivity contribution is -0.138. The Morgan fingerprint density at radius 1 is 1.20 bits per heavy atom. The van der Waals surface area contributed by atoms with Gasteiger partial charge in [-0.15, -0.1) is 0 Å². The Kier molecular flexibility index (Phi) is 4.88. The van der Waals surface area contributed by atoms with Crippen molar-refractivity contribution in [2.75, 3.05) is 31.6 Å². The molecule has 0 fully saturated rings. The number of amides is 2. The van der Waals surface area contributed by atoms with Gasteiger partial charge in [0.25, 0.3) is 0 Å². The number of carbonyl (C=O) groups excluding carboxylic acids is 2. The molecule has 1 aliphatic heterocycles. The number of esters is 1. The lowest BCUT2D eigenvalue weighted by atomic mass is 10.1. The molecule has 0 atom stereocenters. The van der Waals surface area contributed by atoms with E-state index in [1.165, 1.54) is 5.39 Å². The topological polar surface area (TPSA) is 70.7 Å². The van der Waals surface area contributed by atoms with Crippen molar-refractivity contribution in [3.63, 3.8) is 0 Å². The molecule has 0 radical (unpaired) electrons. The Labute approximate surface area is 146 Å². The Morgan fingerprint density at radius 3 is 2.72 bits per heavy atom. The second kappa shape index (κ2) is 7.25. The highest BCUT2D eigenvalue weighted by Crippen LogP contribution is 2.22. The summed E-state index contributed by atoms with van der Waals surface area (Å²) in [6.07, 6.45) is 0. The summed E-state index contributed by atoms with van der Waals surface area (Å²) in [7, 11) is 1.92. The third kappa shape index (κ3) is 3.74. The first kappa shape index (κ1) is 16.8. The first-order valence-electron chi connectivity index (χ1n) is 8.22. The smallest absolute Gasteiger partial charge is 0.337 e. The van der Waals surface area contributed by atoms with Crippen LogP contribution in [0, 0.1) is 0 Å². The maximum Gasteiger partial charge on any atom is 0.337 e. The second-order valence-corrected chi connectivity index (χ2v) is 5.87. The van der Waals surface area contributed by atoms with Crippen LogP contribution in [0.2, 0.25) is 0 Å². The van der Waals surface area contributed by atoms with Gasteiger partial charge in [-0.25, -0.2) is 9.59 Å². The first-order chi connectivity index (χ1) is 12.1. The molecular weight excluding hydrogens is 318 g/mol. The quantitative estimate of drug-likeness (QED) is 0.821. The molecule has 2 N–H and O–H groups in total. The van der Waals surface area contributed by atoms with Gasteiger partial charge < -0.3 is 20.3 Å². The Balaban J connectivity index is 1.86. The highest BCUT2D eigenvalue weighted by atomic mass is 16.5. The largest absolute Gasteiger partial charge is 0.463 e. The molecule has 6 nitrogen and oxygen atoms in total. The standard InChI is InChI=1S/C19H21N3O3/c1-3-25-18(23)16-11-20-19(24)21-17(16)12-22(2)15-9-8-13-6-4-5-7-14(13)10-15/h4-10H,3,11-12H2,1-2H3,(H2,20,21,24). The zero-order valence-electron chi connectivity index (χ0n) is 14.3. The number of urea groups is 1. The molecule has 2 amide bonds. The van der Waals surface area contributed by atoms with Crippen LogP contribution in [0.4, 0.5) is 10.5 Å².